The number of carbonyl (C=O) groups excluding carboxylic acids is 2. The molecular weight excluding hydrogens is 494 g/mol. The molecule has 2 aliphatic carbocycles. The maximum Gasteiger partial charge on any atom is 0.270 e. The van der Waals surface area contributed by atoms with Gasteiger partial charge in [-0.2, -0.15) is 0 Å². The summed E-state index contributed by atoms with van der Waals surface area (Å²) in [4.78, 5) is 31.6. The first-order valence-corrected chi connectivity index (χ1v) is 13.3. The number of halogens is 3. The summed E-state index contributed by atoms with van der Waals surface area (Å²) in [5.41, 5.74) is 1.65. The number of carbonyl (C=O) groups is 2. The molecular formula is C25H31ClF2N4O2S. The van der Waals surface area contributed by atoms with Crippen molar-refractivity contribution >= 4 is 40.4 Å². The minimum atomic E-state index is -2.85. The van der Waals surface area contributed by atoms with Crippen LogP contribution in [0.1, 0.15) is 78.2 Å². The van der Waals surface area contributed by atoms with Gasteiger partial charge in [-0.05, 0) is 43.9 Å². The third kappa shape index (κ3) is 6.50. The number of anilines is 1. The molecule has 2 saturated carbocycles. The molecule has 2 aromatic heterocycles. The lowest BCUT2D eigenvalue weighted by molar-refractivity contribution is -0.124. The Morgan fingerprint density at radius 1 is 1.29 bits per heavy atom. The molecule has 2 aliphatic rings. The Balaban J connectivity index is 1.43. The van der Waals surface area contributed by atoms with Crippen molar-refractivity contribution in [2.24, 2.45) is 5.92 Å². The normalized spacial score (nSPS) is 20.8. The number of rotatable bonds is 10. The van der Waals surface area contributed by atoms with Gasteiger partial charge in [0.15, 0.2) is 0 Å². The van der Waals surface area contributed by atoms with Crippen molar-refractivity contribution in [2.45, 2.75) is 82.8 Å². The number of nitrogens with zero attached hydrogens (tertiary/aromatic N) is 1. The predicted octanol–water partition coefficient (Wildman–Crippen LogP) is 5.87. The summed E-state index contributed by atoms with van der Waals surface area (Å²) >= 11 is 7.44. The number of aryl methyl sites for hydroxylation is 1. The molecule has 3 N–H and O–H groups in total. The fraction of sp³-hybridized carbons (Fsp3) is 0.560. The van der Waals surface area contributed by atoms with E-state index in [9.17, 15) is 18.4 Å². The largest absolute Gasteiger partial charge is 0.376 e. The number of pyridine rings is 1. The topological polar surface area (TPSA) is 83.1 Å². The number of aromatic nitrogens is 1. The van der Waals surface area contributed by atoms with Gasteiger partial charge in [0.2, 0.25) is 5.91 Å². The van der Waals surface area contributed by atoms with E-state index in [2.05, 4.69) is 20.9 Å². The maximum absolute atomic E-state index is 13.4. The molecule has 4 rings (SSSR count). The first-order valence-electron chi connectivity index (χ1n) is 12.1. The van der Waals surface area contributed by atoms with Gasteiger partial charge in [0.25, 0.3) is 11.8 Å². The van der Waals surface area contributed by atoms with E-state index in [1.54, 1.807) is 12.3 Å². The molecule has 190 valence electrons. The van der Waals surface area contributed by atoms with Crippen LogP contribution in [0.4, 0.5) is 14.5 Å². The molecule has 10 heteroatoms. The summed E-state index contributed by atoms with van der Waals surface area (Å²) in [6.45, 7) is 3.94. The van der Waals surface area contributed by atoms with Crippen molar-refractivity contribution < 1.29 is 18.4 Å². The predicted molar refractivity (Wildman–Crippen MR) is 134 cm³/mol. The Morgan fingerprint density at radius 3 is 2.66 bits per heavy atom. The smallest absolute Gasteiger partial charge is 0.270 e. The SMILES string of the molecule is CC[C@@H](Nc1cc(Cl)cnc1C)c1ccc(C(=O)N[C@@H](CC2CCCC2)C(=O)N[C@@H]2CC2(F)F)s1. The van der Waals surface area contributed by atoms with E-state index in [1.807, 2.05) is 26.0 Å². The zero-order valence-electron chi connectivity index (χ0n) is 19.9. The van der Waals surface area contributed by atoms with E-state index in [0.29, 0.717) is 22.2 Å². The van der Waals surface area contributed by atoms with Crippen molar-refractivity contribution in [3.8, 4) is 0 Å². The monoisotopic (exact) mass is 524 g/mol. The van der Waals surface area contributed by atoms with E-state index in [0.717, 1.165) is 48.4 Å². The highest BCUT2D eigenvalue weighted by atomic mass is 35.5. The standard InChI is InChI=1S/C25H31ClF2N4O2S/c1-3-17(30-18-11-16(26)13-29-14(18)2)20-8-9-21(35-20)24(34)31-19(10-15-6-4-5-7-15)23(33)32-22-12-25(22,27)28/h8-9,11,13,15,17,19,22,30H,3-7,10,12H2,1-2H3,(H,31,34)(H,32,33)/t17-,19+,22-/m1/s1. The molecule has 0 radical (unpaired) electrons. The van der Waals surface area contributed by atoms with Crippen LogP contribution in [0, 0.1) is 12.8 Å². The van der Waals surface area contributed by atoms with Crippen LogP contribution in [0.15, 0.2) is 24.4 Å². The molecule has 0 unspecified atom stereocenters. The third-order valence-corrected chi connectivity index (χ3v) is 8.20. The Bertz CT molecular complexity index is 1070. The summed E-state index contributed by atoms with van der Waals surface area (Å²) in [7, 11) is 0. The van der Waals surface area contributed by atoms with Gasteiger partial charge in [0.1, 0.15) is 6.04 Å². The highest BCUT2D eigenvalue weighted by Crippen LogP contribution is 2.41. The lowest BCUT2D eigenvalue weighted by Crippen LogP contribution is -2.48. The van der Waals surface area contributed by atoms with Crippen LogP contribution in [0.3, 0.4) is 0 Å². The molecule has 2 aromatic rings. The van der Waals surface area contributed by atoms with E-state index in [1.165, 1.54) is 11.3 Å². The van der Waals surface area contributed by atoms with Crippen LogP contribution in [-0.2, 0) is 4.79 Å². The van der Waals surface area contributed by atoms with Crippen LogP contribution >= 0.6 is 22.9 Å². The Labute approximate surface area is 213 Å². The summed E-state index contributed by atoms with van der Waals surface area (Å²) in [5, 5.41) is 9.22. The quantitative estimate of drug-likeness (QED) is 0.363. The molecule has 0 saturated heterocycles. The highest BCUT2D eigenvalue weighted by molar-refractivity contribution is 7.14. The number of hydrogen-bond acceptors (Lipinski definition) is 5. The van der Waals surface area contributed by atoms with Gasteiger partial charge in [-0.25, -0.2) is 8.78 Å². The molecule has 2 fully saturated rings. The number of hydrogen-bond donors (Lipinski definition) is 3. The fourth-order valence-electron chi connectivity index (χ4n) is 4.56. The minimum absolute atomic E-state index is 0.0461. The summed E-state index contributed by atoms with van der Waals surface area (Å²) in [6, 6.07) is 3.45. The van der Waals surface area contributed by atoms with Crippen molar-refractivity contribution in [3.63, 3.8) is 0 Å². The Kier molecular flexibility index (Phi) is 7.96. The molecule has 0 aliphatic heterocycles. The average molecular weight is 525 g/mol. The first-order chi connectivity index (χ1) is 16.7. The van der Waals surface area contributed by atoms with Crippen molar-refractivity contribution in [1.29, 1.82) is 0 Å². The Morgan fingerprint density at radius 2 is 2.00 bits per heavy atom. The van der Waals surface area contributed by atoms with E-state index in [4.69, 9.17) is 11.6 Å². The number of nitrogens with one attached hydrogen (secondary N) is 3. The number of thiophene rings is 1. The summed E-state index contributed by atoms with van der Waals surface area (Å²) in [6.07, 6.45) is 6.66. The highest BCUT2D eigenvalue weighted by Gasteiger charge is 2.58. The lowest BCUT2D eigenvalue weighted by atomic mass is 9.97. The van der Waals surface area contributed by atoms with E-state index in [-0.39, 0.29) is 18.4 Å². The molecule has 35 heavy (non-hydrogen) atoms. The molecule has 0 bridgehead atoms. The van der Waals surface area contributed by atoms with Crippen LogP contribution in [0.5, 0.6) is 0 Å². The van der Waals surface area contributed by atoms with Crippen LogP contribution in [0.2, 0.25) is 5.02 Å². The van der Waals surface area contributed by atoms with Crippen molar-refractivity contribution in [3.05, 3.63) is 44.9 Å². The van der Waals surface area contributed by atoms with Gasteiger partial charge in [-0.1, -0.05) is 44.2 Å². The summed E-state index contributed by atoms with van der Waals surface area (Å²) < 4.78 is 26.7. The maximum atomic E-state index is 13.4. The molecule has 3 atom stereocenters. The van der Waals surface area contributed by atoms with Crippen molar-refractivity contribution in [2.75, 3.05) is 5.32 Å². The number of alkyl halides is 2. The molecule has 0 spiro atoms. The van der Waals surface area contributed by atoms with Gasteiger partial charge in [-0.15, -0.1) is 11.3 Å². The van der Waals surface area contributed by atoms with Crippen LogP contribution in [0.25, 0.3) is 0 Å². The molecule has 2 amide bonds. The van der Waals surface area contributed by atoms with Gasteiger partial charge in [-0.3, -0.25) is 14.6 Å². The lowest BCUT2D eigenvalue weighted by Gasteiger charge is -2.21. The molecule has 6 nitrogen and oxygen atoms in total. The number of amides is 2. The minimum Gasteiger partial charge on any atom is -0.376 e. The molecule has 2 heterocycles. The Hall–Kier alpha value is -2.26. The van der Waals surface area contributed by atoms with E-state index >= 15 is 0 Å². The average Bonchev–Trinajstić information content (AvgIpc) is 3.25. The van der Waals surface area contributed by atoms with E-state index < -0.39 is 23.9 Å². The first kappa shape index (κ1) is 25.8. The van der Waals surface area contributed by atoms with Gasteiger partial charge in [0, 0.05) is 17.5 Å². The third-order valence-electron chi connectivity index (χ3n) is 6.79. The molecule has 0 aromatic carbocycles. The zero-order chi connectivity index (χ0) is 25.2. The van der Waals surface area contributed by atoms with Crippen LogP contribution in [-0.4, -0.2) is 34.8 Å². The van der Waals surface area contributed by atoms with Gasteiger partial charge in [0.05, 0.1) is 33.4 Å². The second-order valence-electron chi connectivity index (χ2n) is 9.53. The summed E-state index contributed by atoms with van der Waals surface area (Å²) in [5.74, 6) is -3.43. The van der Waals surface area contributed by atoms with Gasteiger partial charge >= 0.3 is 0 Å². The van der Waals surface area contributed by atoms with Crippen LogP contribution < -0.4 is 16.0 Å². The second kappa shape index (κ2) is 10.8. The fourth-order valence-corrected chi connectivity index (χ4v) is 5.76. The van der Waals surface area contributed by atoms with Gasteiger partial charge < -0.3 is 16.0 Å². The van der Waals surface area contributed by atoms with Crippen molar-refractivity contribution in [1.82, 2.24) is 15.6 Å². The second-order valence-corrected chi connectivity index (χ2v) is 11.1. The zero-order valence-corrected chi connectivity index (χ0v) is 21.4.